The van der Waals surface area contributed by atoms with E-state index in [0.29, 0.717) is 36.6 Å². The molecule has 2 N–H and O–H groups in total. The van der Waals surface area contributed by atoms with E-state index >= 15 is 0 Å². The maximum Gasteiger partial charge on any atom is 0.181 e. The van der Waals surface area contributed by atoms with Gasteiger partial charge in [-0.1, -0.05) is 0 Å². The van der Waals surface area contributed by atoms with Gasteiger partial charge < -0.3 is 10.5 Å². The van der Waals surface area contributed by atoms with E-state index in [0.717, 1.165) is 5.56 Å². The molecule has 0 radical (unpaired) electrons. The van der Waals surface area contributed by atoms with Crippen molar-refractivity contribution in [3.63, 3.8) is 0 Å². The third-order valence-electron chi connectivity index (χ3n) is 3.18. The fourth-order valence-electron chi connectivity index (χ4n) is 2.00. The summed E-state index contributed by atoms with van der Waals surface area (Å²) in [7, 11) is -3.24. The minimum atomic E-state index is -3.24. The van der Waals surface area contributed by atoms with Gasteiger partial charge in [-0.05, 0) is 43.5 Å². The molecule has 0 saturated carbocycles. The lowest BCUT2D eigenvalue weighted by atomic mass is 10.2. The third kappa shape index (κ3) is 2.45. The summed E-state index contributed by atoms with van der Waals surface area (Å²) in [6.45, 7) is 2.87. The molecule has 17 heavy (non-hydrogen) atoms. The molecule has 1 aliphatic rings. The minimum absolute atomic E-state index is 0.320. The molecule has 1 fully saturated rings. The number of ether oxygens (including phenoxy) is 1. The van der Waals surface area contributed by atoms with E-state index in [1.165, 1.54) is 0 Å². The molecule has 1 heterocycles. The zero-order valence-corrected chi connectivity index (χ0v) is 10.7. The quantitative estimate of drug-likeness (QED) is 0.814. The molecule has 0 spiro atoms. The average molecular weight is 255 g/mol. The van der Waals surface area contributed by atoms with Gasteiger partial charge in [0.2, 0.25) is 0 Å². The molecule has 0 unspecified atom stereocenters. The van der Waals surface area contributed by atoms with Crippen LogP contribution in [0.15, 0.2) is 23.1 Å². The smallest absolute Gasteiger partial charge is 0.181 e. The molecule has 1 saturated heterocycles. The van der Waals surface area contributed by atoms with E-state index in [4.69, 9.17) is 10.5 Å². The maximum absolute atomic E-state index is 12.4. The van der Waals surface area contributed by atoms with Gasteiger partial charge >= 0.3 is 0 Å². The molecule has 5 heteroatoms. The summed E-state index contributed by atoms with van der Waals surface area (Å²) in [5.74, 6) is 0. The van der Waals surface area contributed by atoms with Gasteiger partial charge in [-0.15, -0.1) is 0 Å². The van der Waals surface area contributed by atoms with Crippen molar-refractivity contribution in [2.45, 2.75) is 29.9 Å². The van der Waals surface area contributed by atoms with Gasteiger partial charge in [0.1, 0.15) is 0 Å². The molecule has 1 aliphatic heterocycles. The van der Waals surface area contributed by atoms with Crippen LogP contribution in [0.4, 0.5) is 5.69 Å². The zero-order valence-electron chi connectivity index (χ0n) is 9.85. The monoisotopic (exact) mass is 255 g/mol. The molecule has 94 valence electrons. The first-order valence-corrected chi connectivity index (χ1v) is 7.24. The number of nitrogens with two attached hydrogens (primary N) is 1. The highest BCUT2D eigenvalue weighted by Crippen LogP contribution is 2.25. The van der Waals surface area contributed by atoms with Crippen LogP contribution in [0, 0.1) is 6.92 Å². The molecule has 0 atom stereocenters. The van der Waals surface area contributed by atoms with Crippen LogP contribution in [0.3, 0.4) is 0 Å². The first kappa shape index (κ1) is 12.4. The Bertz CT molecular complexity index is 504. The van der Waals surface area contributed by atoms with Crippen molar-refractivity contribution in [2.75, 3.05) is 18.9 Å². The van der Waals surface area contributed by atoms with Crippen LogP contribution >= 0.6 is 0 Å². The topological polar surface area (TPSA) is 69.4 Å². The average Bonchev–Trinajstić information content (AvgIpc) is 2.33. The summed E-state index contributed by atoms with van der Waals surface area (Å²) in [4.78, 5) is 0.371. The van der Waals surface area contributed by atoms with Crippen LogP contribution in [0.2, 0.25) is 0 Å². The second-order valence-corrected chi connectivity index (χ2v) is 6.60. The Hall–Kier alpha value is -1.07. The molecule has 0 aromatic heterocycles. The number of aryl methyl sites for hydroxylation is 1. The highest BCUT2D eigenvalue weighted by molar-refractivity contribution is 7.92. The number of sulfone groups is 1. The van der Waals surface area contributed by atoms with E-state index in [-0.39, 0.29) is 5.25 Å². The highest BCUT2D eigenvalue weighted by atomic mass is 32.2. The van der Waals surface area contributed by atoms with Crippen LogP contribution in [0.5, 0.6) is 0 Å². The maximum atomic E-state index is 12.4. The van der Waals surface area contributed by atoms with Gasteiger partial charge in [0.05, 0.1) is 10.1 Å². The van der Waals surface area contributed by atoms with Gasteiger partial charge in [-0.2, -0.15) is 0 Å². The van der Waals surface area contributed by atoms with Crippen molar-refractivity contribution in [1.29, 1.82) is 0 Å². The largest absolute Gasteiger partial charge is 0.399 e. The number of benzene rings is 1. The Morgan fingerprint density at radius 3 is 2.53 bits per heavy atom. The van der Waals surface area contributed by atoms with Crippen LogP contribution in [0.1, 0.15) is 18.4 Å². The predicted molar refractivity (Wildman–Crippen MR) is 66.6 cm³/mol. The first-order chi connectivity index (χ1) is 8.01. The fourth-order valence-corrected chi connectivity index (χ4v) is 3.80. The Balaban J connectivity index is 2.33. The van der Waals surface area contributed by atoms with Crippen molar-refractivity contribution in [3.8, 4) is 0 Å². The summed E-state index contributed by atoms with van der Waals surface area (Å²) in [5, 5.41) is -0.320. The van der Waals surface area contributed by atoms with Gasteiger partial charge in [0, 0.05) is 18.9 Å². The second-order valence-electron chi connectivity index (χ2n) is 4.38. The summed E-state index contributed by atoms with van der Waals surface area (Å²) in [5.41, 5.74) is 7.12. The van der Waals surface area contributed by atoms with E-state index in [1.54, 1.807) is 18.2 Å². The van der Waals surface area contributed by atoms with Gasteiger partial charge in [-0.25, -0.2) is 8.42 Å². The summed E-state index contributed by atoms with van der Waals surface area (Å²) in [6.07, 6.45) is 1.15. The standard InChI is InChI=1S/C12H17NO3S/c1-9-8-11(2-3-12(9)13)17(14,15)10-4-6-16-7-5-10/h2-3,8,10H,4-7,13H2,1H3. The lowest BCUT2D eigenvalue weighted by Gasteiger charge is -2.22. The molecule has 0 bridgehead atoms. The van der Waals surface area contributed by atoms with Crippen molar-refractivity contribution >= 4 is 15.5 Å². The van der Waals surface area contributed by atoms with Gasteiger partial charge in [0.25, 0.3) is 0 Å². The summed E-state index contributed by atoms with van der Waals surface area (Å²) < 4.78 is 29.9. The lowest BCUT2D eigenvalue weighted by molar-refractivity contribution is 0.0983. The molecule has 2 rings (SSSR count). The van der Waals surface area contributed by atoms with Crippen LogP contribution < -0.4 is 5.73 Å². The van der Waals surface area contributed by atoms with Crippen LogP contribution in [-0.4, -0.2) is 26.9 Å². The second kappa shape index (κ2) is 4.66. The zero-order chi connectivity index (χ0) is 12.5. The van der Waals surface area contributed by atoms with Gasteiger partial charge in [-0.3, -0.25) is 0 Å². The molecule has 1 aromatic rings. The highest BCUT2D eigenvalue weighted by Gasteiger charge is 2.29. The normalized spacial score (nSPS) is 18.2. The molecular weight excluding hydrogens is 238 g/mol. The SMILES string of the molecule is Cc1cc(S(=O)(=O)C2CCOCC2)ccc1N. The van der Waals surface area contributed by atoms with Crippen LogP contribution in [-0.2, 0) is 14.6 Å². The van der Waals surface area contributed by atoms with E-state index in [1.807, 2.05) is 6.92 Å². The number of hydrogen-bond acceptors (Lipinski definition) is 4. The van der Waals surface area contributed by atoms with Crippen molar-refractivity contribution in [3.05, 3.63) is 23.8 Å². The minimum Gasteiger partial charge on any atom is -0.399 e. The number of rotatable bonds is 2. The number of nitrogen functional groups attached to an aromatic ring is 1. The first-order valence-electron chi connectivity index (χ1n) is 5.69. The Labute approximate surface area is 102 Å². The molecule has 1 aromatic carbocycles. The van der Waals surface area contributed by atoms with Crippen molar-refractivity contribution in [1.82, 2.24) is 0 Å². The van der Waals surface area contributed by atoms with E-state index in [2.05, 4.69) is 0 Å². The number of hydrogen-bond donors (Lipinski definition) is 1. The molecule has 4 nitrogen and oxygen atoms in total. The van der Waals surface area contributed by atoms with Gasteiger partial charge in [0.15, 0.2) is 9.84 Å². The number of anilines is 1. The summed E-state index contributed by atoms with van der Waals surface area (Å²) >= 11 is 0. The Morgan fingerprint density at radius 2 is 1.94 bits per heavy atom. The van der Waals surface area contributed by atoms with Crippen molar-refractivity contribution in [2.24, 2.45) is 0 Å². The molecule has 0 amide bonds. The lowest BCUT2D eigenvalue weighted by Crippen LogP contribution is -2.29. The Kier molecular flexibility index (Phi) is 3.40. The van der Waals surface area contributed by atoms with Crippen molar-refractivity contribution < 1.29 is 13.2 Å². The predicted octanol–water partition coefficient (Wildman–Crippen LogP) is 1.53. The summed E-state index contributed by atoms with van der Waals surface area (Å²) in [6, 6.07) is 4.90. The Morgan fingerprint density at radius 1 is 1.29 bits per heavy atom. The van der Waals surface area contributed by atoms with Crippen LogP contribution in [0.25, 0.3) is 0 Å². The van der Waals surface area contributed by atoms with E-state index < -0.39 is 9.84 Å². The molecular formula is C12H17NO3S. The molecule has 0 aliphatic carbocycles. The van der Waals surface area contributed by atoms with E-state index in [9.17, 15) is 8.42 Å². The fraction of sp³-hybridized carbons (Fsp3) is 0.500. The third-order valence-corrected chi connectivity index (χ3v) is 5.44.